The molecule has 0 unspecified atom stereocenters. The fraction of sp³-hybridized carbons (Fsp3) is 0. The molecule has 132 valence electrons. The van der Waals surface area contributed by atoms with Crippen molar-refractivity contribution in [1.29, 1.82) is 0 Å². The maximum atomic E-state index is 12.9. The highest BCUT2D eigenvalue weighted by Gasteiger charge is 2.27. The average molecular weight is 432 g/mol. The van der Waals surface area contributed by atoms with Crippen LogP contribution in [0.15, 0.2) is 36.4 Å². The van der Waals surface area contributed by atoms with Crippen molar-refractivity contribution in [1.82, 2.24) is 0 Å². The number of carbonyl (C=O) groups excluding carboxylic acids is 5. The summed E-state index contributed by atoms with van der Waals surface area (Å²) >= 11 is 21.9. The molecule has 0 amide bonds. The van der Waals surface area contributed by atoms with Crippen molar-refractivity contribution in [2.24, 2.45) is 0 Å². The maximum absolute atomic E-state index is 12.9. The van der Waals surface area contributed by atoms with E-state index in [4.69, 9.17) is 46.4 Å². The molecule has 0 radical (unpaired) electrons. The number of halogens is 4. The Bertz CT molecular complexity index is 904. The minimum absolute atomic E-state index is 0.277. The summed E-state index contributed by atoms with van der Waals surface area (Å²) in [6.45, 7) is 0. The van der Waals surface area contributed by atoms with E-state index < -0.39 is 37.9 Å². The molecule has 0 heterocycles. The summed E-state index contributed by atoms with van der Waals surface area (Å²) in [4.78, 5) is 59.4. The fourth-order valence-electron chi connectivity index (χ4n) is 2.38. The van der Waals surface area contributed by atoms with Crippen LogP contribution in [0.3, 0.4) is 0 Å². The third kappa shape index (κ3) is 3.86. The van der Waals surface area contributed by atoms with E-state index in [1.807, 2.05) is 0 Å². The normalized spacial score (nSPS) is 10.3. The van der Waals surface area contributed by atoms with E-state index in [0.29, 0.717) is 0 Å². The van der Waals surface area contributed by atoms with Crippen LogP contribution in [0.4, 0.5) is 0 Å². The predicted octanol–water partition coefficient (Wildman–Crippen LogP) is 4.43. The molecule has 0 fully saturated rings. The van der Waals surface area contributed by atoms with Gasteiger partial charge in [0.1, 0.15) is 0 Å². The Kier molecular flexibility index (Phi) is 6.31. The lowest BCUT2D eigenvalue weighted by Crippen LogP contribution is -2.15. The van der Waals surface area contributed by atoms with E-state index in [0.717, 1.165) is 0 Å². The van der Waals surface area contributed by atoms with Crippen LogP contribution in [-0.4, -0.2) is 26.8 Å². The van der Waals surface area contributed by atoms with Crippen LogP contribution in [-0.2, 0) is 0 Å². The molecule has 26 heavy (non-hydrogen) atoms. The summed E-state index contributed by atoms with van der Waals surface area (Å²) in [5.41, 5.74) is -1.96. The highest BCUT2D eigenvalue weighted by atomic mass is 35.5. The van der Waals surface area contributed by atoms with Crippen molar-refractivity contribution in [3.63, 3.8) is 0 Å². The zero-order valence-corrected chi connectivity index (χ0v) is 15.5. The number of hydrogen-bond acceptors (Lipinski definition) is 5. The Morgan fingerprint density at radius 1 is 0.500 bits per heavy atom. The highest BCUT2D eigenvalue weighted by Crippen LogP contribution is 2.26. The first-order valence-corrected chi connectivity index (χ1v) is 8.28. The minimum Gasteiger partial charge on any atom is -0.289 e. The molecular weight excluding hydrogens is 426 g/mol. The van der Waals surface area contributed by atoms with Gasteiger partial charge in [-0.3, -0.25) is 24.0 Å². The summed E-state index contributed by atoms with van der Waals surface area (Å²) in [6.07, 6.45) is 0. The van der Waals surface area contributed by atoms with Crippen LogP contribution < -0.4 is 0 Å². The average Bonchev–Trinajstić information content (AvgIpc) is 2.59. The van der Waals surface area contributed by atoms with Gasteiger partial charge in [0.25, 0.3) is 21.0 Å². The molecule has 5 nitrogen and oxygen atoms in total. The standard InChI is InChI=1S/C17H6Cl4O5/c18-14(23)9-5-1-3-7(11(9)16(20)25)13(22)8-4-2-6-10(15(19)24)12(8)17(21)26/h1-6H. The van der Waals surface area contributed by atoms with Gasteiger partial charge in [-0.05, 0) is 58.5 Å². The Morgan fingerprint density at radius 3 is 1.08 bits per heavy atom. The monoisotopic (exact) mass is 430 g/mol. The Labute approximate surface area is 166 Å². The van der Waals surface area contributed by atoms with Crippen molar-refractivity contribution in [2.45, 2.75) is 0 Å². The fourth-order valence-corrected chi connectivity index (χ4v) is 3.10. The van der Waals surface area contributed by atoms with Crippen LogP contribution >= 0.6 is 46.4 Å². The number of hydrogen-bond donors (Lipinski definition) is 0. The minimum atomic E-state index is -1.10. The number of benzene rings is 2. The lowest BCUT2D eigenvalue weighted by molar-refractivity contribution is 0.101. The molecule has 0 atom stereocenters. The molecule has 9 heteroatoms. The largest absolute Gasteiger partial charge is 0.289 e. The topological polar surface area (TPSA) is 85.3 Å². The molecule has 0 aliphatic carbocycles. The number of ketones is 1. The lowest BCUT2D eigenvalue weighted by atomic mass is 9.91. The van der Waals surface area contributed by atoms with E-state index in [9.17, 15) is 24.0 Å². The first kappa shape index (κ1) is 20.3. The van der Waals surface area contributed by atoms with E-state index in [1.54, 1.807) is 0 Å². The van der Waals surface area contributed by atoms with Gasteiger partial charge in [0.2, 0.25) is 0 Å². The summed E-state index contributed by atoms with van der Waals surface area (Å²) < 4.78 is 0. The molecule has 0 aliphatic rings. The number of rotatable bonds is 6. The Hall–Kier alpha value is -2.05. The van der Waals surface area contributed by atoms with Gasteiger partial charge >= 0.3 is 0 Å². The van der Waals surface area contributed by atoms with Crippen molar-refractivity contribution in [3.8, 4) is 0 Å². The van der Waals surface area contributed by atoms with Crippen LogP contribution in [0.2, 0.25) is 0 Å². The molecule has 2 aromatic rings. The molecule has 0 bridgehead atoms. The van der Waals surface area contributed by atoms with Crippen molar-refractivity contribution in [3.05, 3.63) is 69.8 Å². The lowest BCUT2D eigenvalue weighted by Gasteiger charge is -2.12. The summed E-state index contributed by atoms with van der Waals surface area (Å²) in [5, 5.41) is -4.19. The quantitative estimate of drug-likeness (QED) is 0.498. The van der Waals surface area contributed by atoms with E-state index >= 15 is 0 Å². The molecule has 2 rings (SSSR count). The molecular formula is C17H6Cl4O5. The molecule has 0 saturated carbocycles. The van der Waals surface area contributed by atoms with Gasteiger partial charge in [0.15, 0.2) is 5.78 Å². The Morgan fingerprint density at radius 2 is 0.808 bits per heavy atom. The molecule has 0 saturated heterocycles. The van der Waals surface area contributed by atoms with Gasteiger partial charge in [0.05, 0.1) is 11.1 Å². The predicted molar refractivity (Wildman–Crippen MR) is 97.1 cm³/mol. The van der Waals surface area contributed by atoms with Gasteiger partial charge in [0, 0.05) is 22.3 Å². The van der Waals surface area contributed by atoms with Crippen molar-refractivity contribution in [2.75, 3.05) is 0 Å². The third-order valence-electron chi connectivity index (χ3n) is 3.43. The summed E-state index contributed by atoms with van der Waals surface area (Å²) in [5.74, 6) is -0.863. The van der Waals surface area contributed by atoms with E-state index in [2.05, 4.69) is 0 Å². The van der Waals surface area contributed by atoms with E-state index in [1.165, 1.54) is 36.4 Å². The van der Waals surface area contributed by atoms with Crippen LogP contribution in [0.5, 0.6) is 0 Å². The van der Waals surface area contributed by atoms with Crippen molar-refractivity contribution >= 4 is 73.2 Å². The summed E-state index contributed by atoms with van der Waals surface area (Å²) in [6, 6.07) is 7.50. The SMILES string of the molecule is O=C(Cl)c1cccc(C(=O)c2cccc(C(=O)Cl)c2C(=O)Cl)c1C(=O)Cl. The van der Waals surface area contributed by atoms with E-state index in [-0.39, 0.29) is 22.3 Å². The molecule has 0 spiro atoms. The van der Waals surface area contributed by atoms with Crippen molar-refractivity contribution < 1.29 is 24.0 Å². The second-order valence-corrected chi connectivity index (χ2v) is 6.25. The molecule has 2 aromatic carbocycles. The zero-order chi connectivity index (χ0) is 19.6. The summed E-state index contributed by atoms with van der Waals surface area (Å²) in [7, 11) is 0. The van der Waals surface area contributed by atoms with Crippen LogP contribution in [0, 0.1) is 0 Å². The highest BCUT2D eigenvalue weighted by molar-refractivity contribution is 6.73. The molecule has 0 aliphatic heterocycles. The van der Waals surface area contributed by atoms with Gasteiger partial charge < -0.3 is 0 Å². The second kappa shape index (κ2) is 8.10. The smallest absolute Gasteiger partial charge is 0.253 e. The van der Waals surface area contributed by atoms with Gasteiger partial charge in [-0.2, -0.15) is 0 Å². The molecule has 0 N–H and O–H groups in total. The first-order valence-electron chi connectivity index (χ1n) is 6.76. The zero-order valence-electron chi connectivity index (χ0n) is 12.5. The molecule has 0 aromatic heterocycles. The van der Waals surface area contributed by atoms with Crippen LogP contribution in [0.1, 0.15) is 57.4 Å². The van der Waals surface area contributed by atoms with Gasteiger partial charge in [-0.25, -0.2) is 0 Å². The Balaban J connectivity index is 2.80. The third-order valence-corrected chi connectivity index (χ3v) is 4.22. The number of carbonyl (C=O) groups is 5. The van der Waals surface area contributed by atoms with Crippen LogP contribution in [0.25, 0.3) is 0 Å². The maximum Gasteiger partial charge on any atom is 0.253 e. The van der Waals surface area contributed by atoms with Gasteiger partial charge in [-0.15, -0.1) is 0 Å². The first-order chi connectivity index (χ1) is 12.2. The second-order valence-electron chi connectivity index (χ2n) is 4.88. The van der Waals surface area contributed by atoms with Gasteiger partial charge in [-0.1, -0.05) is 24.3 Å².